The number of carbonyl (C=O) groups excluding carboxylic acids is 1. The number of aryl methyl sites for hydroxylation is 1. The first kappa shape index (κ1) is 14.4. The summed E-state index contributed by atoms with van der Waals surface area (Å²) in [5, 5.41) is 5.91. The maximum atomic E-state index is 11.3. The molecule has 0 radical (unpaired) electrons. The second-order valence-electron chi connectivity index (χ2n) is 5.40. The third-order valence-corrected chi connectivity index (χ3v) is 3.68. The van der Waals surface area contributed by atoms with Crippen LogP contribution in [-0.2, 0) is 11.2 Å². The standard InChI is InChI=1S/C18H20N2O2/c21-18-13-19-17-12-15(9-10-16(17)20-18)22-11-5-4-8-14-6-2-1-3-7-14/h1-3,6-7,9-10,12,19H,4-5,8,11,13H2,(H,20,21). The quantitative estimate of drug-likeness (QED) is 0.803. The molecule has 1 aliphatic heterocycles. The van der Waals surface area contributed by atoms with Crippen LogP contribution >= 0.6 is 0 Å². The zero-order valence-electron chi connectivity index (χ0n) is 12.5. The summed E-state index contributed by atoms with van der Waals surface area (Å²) in [6.45, 7) is 1.02. The van der Waals surface area contributed by atoms with Crippen LogP contribution in [-0.4, -0.2) is 19.1 Å². The predicted octanol–water partition coefficient (Wildman–Crippen LogP) is 3.45. The number of carbonyl (C=O) groups is 1. The van der Waals surface area contributed by atoms with Crippen LogP contribution in [0.3, 0.4) is 0 Å². The third-order valence-electron chi connectivity index (χ3n) is 3.68. The van der Waals surface area contributed by atoms with Gasteiger partial charge in [0.2, 0.25) is 5.91 Å². The molecule has 1 aliphatic rings. The Morgan fingerprint density at radius 1 is 1.00 bits per heavy atom. The van der Waals surface area contributed by atoms with E-state index in [1.165, 1.54) is 5.56 Å². The number of nitrogens with one attached hydrogen (secondary N) is 2. The molecule has 2 aromatic carbocycles. The molecule has 114 valence electrons. The van der Waals surface area contributed by atoms with E-state index in [4.69, 9.17) is 4.74 Å². The lowest BCUT2D eigenvalue weighted by Gasteiger charge is -2.19. The van der Waals surface area contributed by atoms with Crippen molar-refractivity contribution in [1.29, 1.82) is 0 Å². The summed E-state index contributed by atoms with van der Waals surface area (Å²) in [5.74, 6) is 0.823. The van der Waals surface area contributed by atoms with E-state index in [-0.39, 0.29) is 5.91 Å². The van der Waals surface area contributed by atoms with Gasteiger partial charge in [-0.25, -0.2) is 0 Å². The zero-order valence-corrected chi connectivity index (χ0v) is 12.5. The van der Waals surface area contributed by atoms with Gasteiger partial charge in [-0.15, -0.1) is 0 Å². The van der Waals surface area contributed by atoms with Gasteiger partial charge >= 0.3 is 0 Å². The van der Waals surface area contributed by atoms with E-state index in [2.05, 4.69) is 34.9 Å². The molecule has 1 amide bonds. The van der Waals surface area contributed by atoms with Crippen molar-refractivity contribution < 1.29 is 9.53 Å². The van der Waals surface area contributed by atoms with Crippen molar-refractivity contribution in [2.24, 2.45) is 0 Å². The van der Waals surface area contributed by atoms with E-state index in [0.717, 1.165) is 36.4 Å². The van der Waals surface area contributed by atoms with Crippen molar-refractivity contribution >= 4 is 17.3 Å². The van der Waals surface area contributed by atoms with Gasteiger partial charge in [0.25, 0.3) is 0 Å². The highest BCUT2D eigenvalue weighted by Gasteiger charge is 2.14. The molecule has 4 heteroatoms. The molecule has 0 fully saturated rings. The number of hydrogen-bond acceptors (Lipinski definition) is 3. The summed E-state index contributed by atoms with van der Waals surface area (Å²) < 4.78 is 5.78. The van der Waals surface area contributed by atoms with Gasteiger partial charge in [-0.05, 0) is 37.0 Å². The molecule has 0 saturated carbocycles. The molecular weight excluding hydrogens is 276 g/mol. The van der Waals surface area contributed by atoms with Crippen molar-refractivity contribution in [2.75, 3.05) is 23.8 Å². The second kappa shape index (κ2) is 6.98. The van der Waals surface area contributed by atoms with Gasteiger partial charge in [-0.2, -0.15) is 0 Å². The van der Waals surface area contributed by atoms with Gasteiger partial charge in [-0.1, -0.05) is 30.3 Å². The Morgan fingerprint density at radius 3 is 2.73 bits per heavy atom. The summed E-state index contributed by atoms with van der Waals surface area (Å²) >= 11 is 0. The van der Waals surface area contributed by atoms with Crippen LogP contribution in [0.5, 0.6) is 5.75 Å². The maximum absolute atomic E-state index is 11.3. The summed E-state index contributed by atoms with van der Waals surface area (Å²) in [6.07, 6.45) is 3.22. The van der Waals surface area contributed by atoms with Gasteiger partial charge in [0.1, 0.15) is 5.75 Å². The number of hydrogen-bond donors (Lipinski definition) is 2. The third kappa shape index (κ3) is 3.79. The molecule has 0 aromatic heterocycles. The molecule has 0 atom stereocenters. The number of fused-ring (bicyclic) bond motifs is 1. The Balaban J connectivity index is 1.43. The number of benzene rings is 2. The Morgan fingerprint density at radius 2 is 1.86 bits per heavy atom. The Kier molecular flexibility index (Phi) is 4.59. The fourth-order valence-electron chi connectivity index (χ4n) is 2.50. The fraction of sp³-hybridized carbons (Fsp3) is 0.278. The highest BCUT2D eigenvalue weighted by atomic mass is 16.5. The molecule has 2 N–H and O–H groups in total. The van der Waals surface area contributed by atoms with Crippen molar-refractivity contribution in [2.45, 2.75) is 19.3 Å². The topological polar surface area (TPSA) is 50.4 Å². The molecule has 0 aliphatic carbocycles. The normalized spacial score (nSPS) is 13.0. The van der Waals surface area contributed by atoms with E-state index < -0.39 is 0 Å². The van der Waals surface area contributed by atoms with Gasteiger partial charge < -0.3 is 15.4 Å². The molecule has 0 unspecified atom stereocenters. The lowest BCUT2D eigenvalue weighted by Crippen LogP contribution is -2.27. The predicted molar refractivity (Wildman–Crippen MR) is 88.4 cm³/mol. The molecule has 0 spiro atoms. The van der Waals surface area contributed by atoms with Crippen molar-refractivity contribution in [3.8, 4) is 5.75 Å². The van der Waals surface area contributed by atoms with Gasteiger partial charge in [0.05, 0.1) is 24.5 Å². The zero-order chi connectivity index (χ0) is 15.2. The molecular formula is C18H20N2O2. The van der Waals surface area contributed by atoms with Crippen LogP contribution in [0.2, 0.25) is 0 Å². The molecule has 0 saturated heterocycles. The molecule has 0 bridgehead atoms. The van der Waals surface area contributed by atoms with Gasteiger partial charge in [0, 0.05) is 6.07 Å². The van der Waals surface area contributed by atoms with E-state index in [9.17, 15) is 4.79 Å². The smallest absolute Gasteiger partial charge is 0.243 e. The lowest BCUT2D eigenvalue weighted by molar-refractivity contribution is -0.114. The number of amides is 1. The van der Waals surface area contributed by atoms with Crippen LogP contribution in [0.1, 0.15) is 18.4 Å². The molecule has 4 nitrogen and oxygen atoms in total. The van der Waals surface area contributed by atoms with Crippen molar-refractivity contribution in [1.82, 2.24) is 0 Å². The first-order valence-corrected chi connectivity index (χ1v) is 7.66. The molecule has 22 heavy (non-hydrogen) atoms. The first-order chi connectivity index (χ1) is 10.8. The largest absolute Gasteiger partial charge is 0.494 e. The Bertz CT molecular complexity index is 641. The van der Waals surface area contributed by atoms with Gasteiger partial charge in [-0.3, -0.25) is 4.79 Å². The minimum absolute atomic E-state index is 0.0120. The number of rotatable bonds is 6. The average molecular weight is 296 g/mol. The lowest BCUT2D eigenvalue weighted by atomic mass is 10.1. The van der Waals surface area contributed by atoms with Crippen molar-refractivity contribution in [3.05, 3.63) is 54.1 Å². The highest BCUT2D eigenvalue weighted by molar-refractivity contribution is 6.00. The van der Waals surface area contributed by atoms with E-state index in [1.807, 2.05) is 24.3 Å². The van der Waals surface area contributed by atoms with Crippen LogP contribution in [0.4, 0.5) is 11.4 Å². The SMILES string of the molecule is O=C1CNc2cc(OCCCCc3ccccc3)ccc2N1. The van der Waals surface area contributed by atoms with E-state index >= 15 is 0 Å². The fourth-order valence-corrected chi connectivity index (χ4v) is 2.50. The Hall–Kier alpha value is -2.49. The van der Waals surface area contributed by atoms with Crippen molar-refractivity contribution in [3.63, 3.8) is 0 Å². The Labute approximate surface area is 130 Å². The summed E-state index contributed by atoms with van der Waals surface area (Å²) in [7, 11) is 0. The van der Waals surface area contributed by atoms with Crippen LogP contribution in [0.15, 0.2) is 48.5 Å². The van der Waals surface area contributed by atoms with Gasteiger partial charge in [0.15, 0.2) is 0 Å². The highest BCUT2D eigenvalue weighted by Crippen LogP contribution is 2.29. The van der Waals surface area contributed by atoms with Crippen LogP contribution < -0.4 is 15.4 Å². The number of unbranched alkanes of at least 4 members (excludes halogenated alkanes) is 1. The molecule has 2 aromatic rings. The number of ether oxygens (including phenoxy) is 1. The number of anilines is 2. The minimum Gasteiger partial charge on any atom is -0.494 e. The van der Waals surface area contributed by atoms with Crippen LogP contribution in [0.25, 0.3) is 0 Å². The second-order valence-corrected chi connectivity index (χ2v) is 5.40. The molecule has 3 rings (SSSR count). The average Bonchev–Trinajstić information content (AvgIpc) is 2.55. The van der Waals surface area contributed by atoms with E-state index in [1.54, 1.807) is 0 Å². The van der Waals surface area contributed by atoms with E-state index in [0.29, 0.717) is 13.2 Å². The van der Waals surface area contributed by atoms with Crippen LogP contribution in [0, 0.1) is 0 Å². The maximum Gasteiger partial charge on any atom is 0.243 e. The minimum atomic E-state index is -0.0120. The monoisotopic (exact) mass is 296 g/mol. The summed E-state index contributed by atoms with van der Waals surface area (Å²) in [4.78, 5) is 11.3. The summed E-state index contributed by atoms with van der Waals surface area (Å²) in [5.41, 5.74) is 3.10. The summed E-state index contributed by atoms with van der Waals surface area (Å²) in [6, 6.07) is 16.2. The molecule has 1 heterocycles. The first-order valence-electron chi connectivity index (χ1n) is 7.66.